The summed E-state index contributed by atoms with van der Waals surface area (Å²) >= 11 is 0. The molecule has 5 heteroatoms. The molecule has 0 aromatic carbocycles. The van der Waals surface area contributed by atoms with Crippen LogP contribution in [0.4, 0.5) is 0 Å². The predicted octanol–water partition coefficient (Wildman–Crippen LogP) is 1.21. The quantitative estimate of drug-likeness (QED) is 0.292. The van der Waals surface area contributed by atoms with E-state index in [1.807, 2.05) is 6.92 Å². The lowest BCUT2D eigenvalue weighted by molar-refractivity contribution is -0.131. The molecule has 0 aromatic rings. The van der Waals surface area contributed by atoms with Crippen LogP contribution >= 0.6 is 0 Å². The van der Waals surface area contributed by atoms with E-state index in [1.165, 1.54) is 0 Å². The van der Waals surface area contributed by atoms with Crippen molar-refractivity contribution in [3.05, 3.63) is 0 Å². The number of nitrogens with two attached hydrogens (primary N) is 1. The van der Waals surface area contributed by atoms with Crippen molar-refractivity contribution in [1.29, 1.82) is 0 Å². The van der Waals surface area contributed by atoms with Gasteiger partial charge in [0.25, 0.3) is 0 Å². The van der Waals surface area contributed by atoms with Crippen LogP contribution in [-0.4, -0.2) is 23.0 Å². The van der Waals surface area contributed by atoms with Gasteiger partial charge in [0.15, 0.2) is 5.84 Å². The second-order valence-electron chi connectivity index (χ2n) is 4.56. The molecule has 16 heavy (non-hydrogen) atoms. The number of nitrogens with one attached hydrogen (secondary N) is 1. The number of hydrogen-bond acceptors (Lipinski definition) is 3. The van der Waals surface area contributed by atoms with E-state index in [1.54, 1.807) is 6.92 Å². The fourth-order valence-corrected chi connectivity index (χ4v) is 2.30. The Balaban J connectivity index is 2.63. The topological polar surface area (TPSA) is 87.7 Å². The van der Waals surface area contributed by atoms with E-state index in [-0.39, 0.29) is 17.2 Å². The molecule has 1 amide bonds. The molecule has 92 valence electrons. The second kappa shape index (κ2) is 5.18. The molecule has 1 aliphatic rings. The molecule has 1 aliphatic carbocycles. The van der Waals surface area contributed by atoms with E-state index in [0.29, 0.717) is 0 Å². The van der Waals surface area contributed by atoms with Crippen LogP contribution in [-0.2, 0) is 4.79 Å². The maximum atomic E-state index is 12.1. The van der Waals surface area contributed by atoms with Crippen molar-refractivity contribution in [2.75, 3.05) is 0 Å². The third kappa shape index (κ3) is 2.46. The Morgan fingerprint density at radius 2 is 2.12 bits per heavy atom. The molecule has 4 N–H and O–H groups in total. The summed E-state index contributed by atoms with van der Waals surface area (Å²) in [6, 6.07) is -0.415. The lowest BCUT2D eigenvalue weighted by atomic mass is 9.82. The van der Waals surface area contributed by atoms with Crippen molar-refractivity contribution in [3.63, 3.8) is 0 Å². The molecule has 1 atom stereocenters. The summed E-state index contributed by atoms with van der Waals surface area (Å²) in [5, 5.41) is 14.2. The first-order chi connectivity index (χ1) is 7.55. The smallest absolute Gasteiger partial charge is 0.226 e. The van der Waals surface area contributed by atoms with Crippen LogP contribution in [0.1, 0.15) is 46.0 Å². The maximum absolute atomic E-state index is 12.1. The van der Waals surface area contributed by atoms with E-state index in [9.17, 15) is 4.79 Å². The first-order valence-corrected chi connectivity index (χ1v) is 5.84. The van der Waals surface area contributed by atoms with Crippen LogP contribution < -0.4 is 11.1 Å². The molecule has 0 heterocycles. The van der Waals surface area contributed by atoms with Crippen molar-refractivity contribution in [2.24, 2.45) is 16.3 Å². The Labute approximate surface area is 96.1 Å². The first kappa shape index (κ1) is 12.8. The fraction of sp³-hybridized carbons (Fsp3) is 0.818. The van der Waals surface area contributed by atoms with Gasteiger partial charge in [0.2, 0.25) is 5.91 Å². The molecular formula is C11H21N3O2. The predicted molar refractivity (Wildman–Crippen MR) is 62.2 cm³/mol. The van der Waals surface area contributed by atoms with Gasteiger partial charge in [0.1, 0.15) is 0 Å². The summed E-state index contributed by atoms with van der Waals surface area (Å²) in [5.41, 5.74) is 5.20. The molecule has 0 saturated heterocycles. The van der Waals surface area contributed by atoms with Gasteiger partial charge in [0.05, 0.1) is 6.04 Å². The Morgan fingerprint density at radius 3 is 2.56 bits per heavy atom. The summed E-state index contributed by atoms with van der Waals surface area (Å²) in [6.07, 6.45) is 4.95. The fourth-order valence-electron chi connectivity index (χ4n) is 2.30. The highest BCUT2D eigenvalue weighted by molar-refractivity contribution is 5.91. The van der Waals surface area contributed by atoms with Crippen molar-refractivity contribution >= 4 is 11.7 Å². The minimum absolute atomic E-state index is 0.0339. The van der Waals surface area contributed by atoms with Crippen LogP contribution in [0.5, 0.6) is 0 Å². The second-order valence-corrected chi connectivity index (χ2v) is 4.56. The van der Waals surface area contributed by atoms with Gasteiger partial charge in [-0.3, -0.25) is 4.79 Å². The van der Waals surface area contributed by atoms with E-state index >= 15 is 0 Å². The Kier molecular flexibility index (Phi) is 4.15. The van der Waals surface area contributed by atoms with E-state index in [4.69, 9.17) is 10.9 Å². The van der Waals surface area contributed by atoms with Gasteiger partial charge in [-0.2, -0.15) is 0 Å². The average Bonchev–Trinajstić information content (AvgIpc) is 2.77. The van der Waals surface area contributed by atoms with E-state index in [2.05, 4.69) is 10.5 Å². The number of amides is 1. The molecule has 0 bridgehead atoms. The molecule has 0 aromatic heterocycles. The van der Waals surface area contributed by atoms with Gasteiger partial charge in [-0.05, 0) is 26.2 Å². The SMILES string of the molecule is CCC1(C(=O)NC(C)C(N)=NO)CCCC1. The average molecular weight is 227 g/mol. The minimum atomic E-state index is -0.415. The molecule has 5 nitrogen and oxygen atoms in total. The van der Waals surface area contributed by atoms with Gasteiger partial charge in [-0.25, -0.2) is 0 Å². The standard InChI is InChI=1S/C11H21N3O2/c1-3-11(6-4-5-7-11)10(15)13-8(2)9(12)14-16/h8,16H,3-7H2,1-2H3,(H2,12,14)(H,13,15). The van der Waals surface area contributed by atoms with Gasteiger partial charge in [0, 0.05) is 5.41 Å². The largest absolute Gasteiger partial charge is 0.409 e. The highest BCUT2D eigenvalue weighted by Crippen LogP contribution is 2.41. The molecule has 1 rings (SSSR count). The molecular weight excluding hydrogens is 206 g/mol. The zero-order valence-electron chi connectivity index (χ0n) is 9.99. The zero-order valence-corrected chi connectivity index (χ0v) is 9.99. The summed E-state index contributed by atoms with van der Waals surface area (Å²) in [7, 11) is 0. The third-order valence-electron chi connectivity index (χ3n) is 3.63. The highest BCUT2D eigenvalue weighted by Gasteiger charge is 2.39. The van der Waals surface area contributed by atoms with E-state index < -0.39 is 6.04 Å². The first-order valence-electron chi connectivity index (χ1n) is 5.84. The number of rotatable bonds is 4. The Morgan fingerprint density at radius 1 is 1.56 bits per heavy atom. The number of oxime groups is 1. The molecule has 0 aliphatic heterocycles. The van der Waals surface area contributed by atoms with Crippen LogP contribution in [0, 0.1) is 5.41 Å². The Bertz CT molecular complexity index is 283. The van der Waals surface area contributed by atoms with Gasteiger partial charge < -0.3 is 16.3 Å². The van der Waals surface area contributed by atoms with Crippen molar-refractivity contribution in [2.45, 2.75) is 52.0 Å². The van der Waals surface area contributed by atoms with Gasteiger partial charge in [-0.1, -0.05) is 24.9 Å². The van der Waals surface area contributed by atoms with Gasteiger partial charge in [-0.15, -0.1) is 0 Å². The van der Waals surface area contributed by atoms with Crippen molar-refractivity contribution in [3.8, 4) is 0 Å². The van der Waals surface area contributed by atoms with E-state index in [0.717, 1.165) is 32.1 Å². The van der Waals surface area contributed by atoms with Crippen molar-refractivity contribution < 1.29 is 10.0 Å². The molecule has 1 fully saturated rings. The number of hydrogen-bond donors (Lipinski definition) is 3. The maximum Gasteiger partial charge on any atom is 0.226 e. The van der Waals surface area contributed by atoms with Crippen LogP contribution in [0.15, 0.2) is 5.16 Å². The number of carbonyl (C=O) groups is 1. The molecule has 0 radical (unpaired) electrons. The third-order valence-corrected chi connectivity index (χ3v) is 3.63. The van der Waals surface area contributed by atoms with Crippen LogP contribution in [0.2, 0.25) is 0 Å². The lowest BCUT2D eigenvalue weighted by Crippen LogP contribution is -2.48. The molecule has 1 saturated carbocycles. The monoisotopic (exact) mass is 227 g/mol. The lowest BCUT2D eigenvalue weighted by Gasteiger charge is -2.27. The number of nitrogens with zero attached hydrogens (tertiary/aromatic N) is 1. The number of carbonyl (C=O) groups excluding carboxylic acids is 1. The highest BCUT2D eigenvalue weighted by atomic mass is 16.4. The Hall–Kier alpha value is -1.26. The van der Waals surface area contributed by atoms with Crippen molar-refractivity contribution in [1.82, 2.24) is 5.32 Å². The molecule has 0 spiro atoms. The normalized spacial score (nSPS) is 21.8. The molecule has 1 unspecified atom stereocenters. The van der Waals surface area contributed by atoms with Crippen LogP contribution in [0.25, 0.3) is 0 Å². The zero-order chi connectivity index (χ0) is 12.2. The van der Waals surface area contributed by atoms with Crippen LogP contribution in [0.3, 0.4) is 0 Å². The number of amidine groups is 1. The summed E-state index contributed by atoms with van der Waals surface area (Å²) in [6.45, 7) is 3.75. The summed E-state index contributed by atoms with van der Waals surface area (Å²) in [4.78, 5) is 12.1. The summed E-state index contributed by atoms with van der Waals surface area (Å²) < 4.78 is 0. The van der Waals surface area contributed by atoms with Gasteiger partial charge >= 0.3 is 0 Å². The summed E-state index contributed by atoms with van der Waals surface area (Å²) in [5.74, 6) is 0.0733. The minimum Gasteiger partial charge on any atom is -0.409 e.